The molecule has 1 aromatic carbocycles. The smallest absolute Gasteiger partial charge is 0.0699 e. The third-order valence-corrected chi connectivity index (χ3v) is 3.89. The van der Waals surface area contributed by atoms with Crippen LogP contribution in [0.15, 0.2) is 18.2 Å². The second-order valence-corrected chi connectivity index (χ2v) is 5.25. The van der Waals surface area contributed by atoms with Gasteiger partial charge in [-0.05, 0) is 36.8 Å². The van der Waals surface area contributed by atoms with Gasteiger partial charge in [-0.2, -0.15) is 0 Å². The van der Waals surface area contributed by atoms with Crippen LogP contribution < -0.4 is 10.6 Å². The molecule has 0 saturated carbocycles. The molecular weight excluding hydrogens is 260 g/mol. The first-order valence-electron chi connectivity index (χ1n) is 7.10. The number of para-hydroxylation sites is 1. The van der Waals surface area contributed by atoms with Crippen molar-refractivity contribution in [1.29, 1.82) is 0 Å². The van der Waals surface area contributed by atoms with Crippen LogP contribution in [-0.2, 0) is 17.7 Å². The number of hydrogen-bond donors (Lipinski definition) is 2. The summed E-state index contributed by atoms with van der Waals surface area (Å²) in [5.74, 6) is 0. The molecular formula is C15H23ClN2O. The molecule has 1 atom stereocenters. The Morgan fingerprint density at radius 2 is 2.26 bits per heavy atom. The number of nitrogens with one attached hydrogen (secondary N) is 2. The monoisotopic (exact) mass is 282 g/mol. The number of hydrogen-bond acceptors (Lipinski definition) is 3. The normalized spacial score (nSPS) is 21.4. The topological polar surface area (TPSA) is 33.3 Å². The number of benzene rings is 1. The van der Waals surface area contributed by atoms with E-state index in [1.165, 1.54) is 36.1 Å². The van der Waals surface area contributed by atoms with E-state index in [-0.39, 0.29) is 12.4 Å². The van der Waals surface area contributed by atoms with Crippen molar-refractivity contribution in [2.24, 2.45) is 0 Å². The third-order valence-electron chi connectivity index (χ3n) is 3.89. The maximum atomic E-state index is 5.73. The molecule has 1 unspecified atom stereocenters. The highest BCUT2D eigenvalue weighted by Gasteiger charge is 2.15. The molecule has 1 saturated heterocycles. The maximum Gasteiger partial charge on any atom is 0.0699 e. The summed E-state index contributed by atoms with van der Waals surface area (Å²) in [7, 11) is 0. The zero-order valence-corrected chi connectivity index (χ0v) is 12.1. The SMILES string of the molecule is Cl.c1cc2c(c(CNCC3CCCCO3)c1)NCC2. The van der Waals surface area contributed by atoms with Crippen LogP contribution in [0.3, 0.4) is 0 Å². The molecule has 3 nitrogen and oxygen atoms in total. The van der Waals surface area contributed by atoms with E-state index in [0.29, 0.717) is 6.10 Å². The molecule has 0 bridgehead atoms. The second kappa shape index (κ2) is 7.13. The highest BCUT2D eigenvalue weighted by molar-refractivity contribution is 5.85. The van der Waals surface area contributed by atoms with E-state index in [0.717, 1.165) is 32.7 Å². The molecule has 1 aromatic rings. The van der Waals surface area contributed by atoms with Crippen LogP contribution in [0.1, 0.15) is 30.4 Å². The lowest BCUT2D eigenvalue weighted by atomic mass is 10.1. The Hall–Kier alpha value is -0.770. The number of halogens is 1. The van der Waals surface area contributed by atoms with Crippen LogP contribution >= 0.6 is 12.4 Å². The van der Waals surface area contributed by atoms with E-state index in [1.807, 2.05) is 0 Å². The van der Waals surface area contributed by atoms with Gasteiger partial charge in [-0.3, -0.25) is 0 Å². The Morgan fingerprint density at radius 1 is 1.32 bits per heavy atom. The van der Waals surface area contributed by atoms with E-state index in [1.54, 1.807) is 0 Å². The zero-order chi connectivity index (χ0) is 12.2. The highest BCUT2D eigenvalue weighted by Crippen LogP contribution is 2.26. The standard InChI is InChI=1S/C15H22N2O.ClH/c1-2-9-18-14(6-1)11-16-10-13-5-3-4-12-7-8-17-15(12)13;/h3-5,14,16-17H,1-2,6-11H2;1H. The van der Waals surface area contributed by atoms with Gasteiger partial charge in [-0.25, -0.2) is 0 Å². The van der Waals surface area contributed by atoms with Crippen LogP contribution in [0.2, 0.25) is 0 Å². The van der Waals surface area contributed by atoms with Crippen molar-refractivity contribution in [2.45, 2.75) is 38.3 Å². The van der Waals surface area contributed by atoms with Crippen LogP contribution in [0, 0.1) is 0 Å². The van der Waals surface area contributed by atoms with Crippen LogP contribution in [0.25, 0.3) is 0 Å². The quantitative estimate of drug-likeness (QED) is 0.891. The van der Waals surface area contributed by atoms with Gasteiger partial charge in [-0.15, -0.1) is 12.4 Å². The van der Waals surface area contributed by atoms with Crippen molar-refractivity contribution in [3.63, 3.8) is 0 Å². The lowest BCUT2D eigenvalue weighted by molar-refractivity contribution is 0.0168. The lowest BCUT2D eigenvalue weighted by Gasteiger charge is -2.23. The number of rotatable bonds is 4. The fraction of sp³-hybridized carbons (Fsp3) is 0.600. The van der Waals surface area contributed by atoms with E-state index < -0.39 is 0 Å². The van der Waals surface area contributed by atoms with E-state index in [4.69, 9.17) is 4.74 Å². The van der Waals surface area contributed by atoms with Gasteiger partial charge in [0.05, 0.1) is 6.10 Å². The summed E-state index contributed by atoms with van der Waals surface area (Å²) < 4.78 is 5.73. The molecule has 0 radical (unpaired) electrons. The fourth-order valence-corrected chi connectivity index (χ4v) is 2.89. The van der Waals surface area contributed by atoms with Gasteiger partial charge in [0.1, 0.15) is 0 Å². The minimum atomic E-state index is 0. The molecule has 4 heteroatoms. The Bertz CT molecular complexity index is 405. The molecule has 2 aliphatic heterocycles. The molecule has 2 N–H and O–H groups in total. The maximum absolute atomic E-state index is 5.73. The number of fused-ring (bicyclic) bond motifs is 1. The Kier molecular flexibility index (Phi) is 5.49. The van der Waals surface area contributed by atoms with Gasteiger partial charge in [-0.1, -0.05) is 18.2 Å². The van der Waals surface area contributed by atoms with Gasteiger partial charge in [0.15, 0.2) is 0 Å². The fourth-order valence-electron chi connectivity index (χ4n) is 2.89. The largest absolute Gasteiger partial charge is 0.384 e. The zero-order valence-electron chi connectivity index (χ0n) is 11.3. The van der Waals surface area contributed by atoms with Gasteiger partial charge in [0, 0.05) is 31.9 Å². The summed E-state index contributed by atoms with van der Waals surface area (Å²) in [5.41, 5.74) is 4.21. The average Bonchev–Trinajstić information content (AvgIpc) is 2.89. The van der Waals surface area contributed by atoms with Gasteiger partial charge in [0.25, 0.3) is 0 Å². The molecule has 3 rings (SSSR count). The van der Waals surface area contributed by atoms with Crippen molar-refractivity contribution in [1.82, 2.24) is 5.32 Å². The van der Waals surface area contributed by atoms with Crippen molar-refractivity contribution in [3.05, 3.63) is 29.3 Å². The van der Waals surface area contributed by atoms with E-state index in [2.05, 4.69) is 28.8 Å². The molecule has 2 heterocycles. The van der Waals surface area contributed by atoms with E-state index >= 15 is 0 Å². The Balaban J connectivity index is 0.00000133. The number of anilines is 1. The first-order valence-corrected chi connectivity index (χ1v) is 7.10. The van der Waals surface area contributed by atoms with Crippen LogP contribution in [0.4, 0.5) is 5.69 Å². The first kappa shape index (κ1) is 14.6. The summed E-state index contributed by atoms with van der Waals surface area (Å²) in [6, 6.07) is 6.61. The minimum Gasteiger partial charge on any atom is -0.384 e. The molecule has 19 heavy (non-hydrogen) atoms. The highest BCUT2D eigenvalue weighted by atomic mass is 35.5. The van der Waals surface area contributed by atoms with Gasteiger partial charge in [0.2, 0.25) is 0 Å². The predicted octanol–water partition coefficient (Wildman–Crippen LogP) is 2.74. The predicted molar refractivity (Wildman–Crippen MR) is 81.2 cm³/mol. The molecule has 0 amide bonds. The molecule has 2 aliphatic rings. The Labute approximate surface area is 121 Å². The van der Waals surface area contributed by atoms with Gasteiger partial charge >= 0.3 is 0 Å². The summed E-state index contributed by atoms with van der Waals surface area (Å²) in [6.07, 6.45) is 5.33. The summed E-state index contributed by atoms with van der Waals surface area (Å²) in [5, 5.41) is 7.02. The molecule has 0 aliphatic carbocycles. The molecule has 106 valence electrons. The average molecular weight is 283 g/mol. The first-order chi connectivity index (χ1) is 8.93. The number of ether oxygens (including phenoxy) is 1. The van der Waals surface area contributed by atoms with Crippen molar-refractivity contribution in [3.8, 4) is 0 Å². The third kappa shape index (κ3) is 3.62. The summed E-state index contributed by atoms with van der Waals surface area (Å²) in [6.45, 7) is 3.94. The van der Waals surface area contributed by atoms with Crippen molar-refractivity contribution >= 4 is 18.1 Å². The minimum absolute atomic E-state index is 0. The van der Waals surface area contributed by atoms with E-state index in [9.17, 15) is 0 Å². The molecule has 0 aromatic heterocycles. The van der Waals surface area contributed by atoms with Crippen molar-refractivity contribution in [2.75, 3.05) is 25.0 Å². The van der Waals surface area contributed by atoms with Crippen molar-refractivity contribution < 1.29 is 4.74 Å². The molecule has 1 fully saturated rings. The Morgan fingerprint density at radius 3 is 3.11 bits per heavy atom. The summed E-state index contributed by atoms with van der Waals surface area (Å²) >= 11 is 0. The molecule has 0 spiro atoms. The second-order valence-electron chi connectivity index (χ2n) is 5.25. The summed E-state index contributed by atoms with van der Waals surface area (Å²) in [4.78, 5) is 0. The van der Waals surface area contributed by atoms with Gasteiger partial charge < -0.3 is 15.4 Å². The lowest BCUT2D eigenvalue weighted by Crippen LogP contribution is -2.31. The van der Waals surface area contributed by atoms with Crippen LogP contribution in [-0.4, -0.2) is 25.8 Å². The van der Waals surface area contributed by atoms with Crippen LogP contribution in [0.5, 0.6) is 0 Å².